The van der Waals surface area contributed by atoms with E-state index in [0.717, 1.165) is 38.5 Å². The second kappa shape index (κ2) is 9.32. The van der Waals surface area contributed by atoms with Crippen LogP contribution >= 0.6 is 0 Å². The van der Waals surface area contributed by atoms with Gasteiger partial charge in [-0.1, -0.05) is 31.9 Å². The van der Waals surface area contributed by atoms with Crippen LogP contribution in [0.25, 0.3) is 0 Å². The van der Waals surface area contributed by atoms with Crippen molar-refractivity contribution in [2.75, 3.05) is 0 Å². The number of hydrogen-bond donors (Lipinski definition) is 1. The minimum atomic E-state index is -0.737. The quantitative estimate of drug-likeness (QED) is 0.290. The Labute approximate surface area is 125 Å². The number of carbonyl (C=O) groups excluding carboxylic acids is 2. The summed E-state index contributed by atoms with van der Waals surface area (Å²) in [5.74, 6) is -1.82. The molecule has 0 aromatic rings. The van der Waals surface area contributed by atoms with E-state index in [2.05, 4.69) is 10.8 Å². The maximum atomic E-state index is 11.5. The molecule has 5 nitrogen and oxygen atoms in total. The van der Waals surface area contributed by atoms with E-state index in [1.54, 1.807) is 0 Å². The Morgan fingerprint density at radius 2 is 2.05 bits per heavy atom. The van der Waals surface area contributed by atoms with Crippen molar-refractivity contribution < 1.29 is 24.2 Å². The van der Waals surface area contributed by atoms with Crippen molar-refractivity contribution in [1.29, 1.82) is 0 Å². The first-order chi connectivity index (χ1) is 10.0. The van der Waals surface area contributed by atoms with Gasteiger partial charge in [0.05, 0.1) is 12.3 Å². The third kappa shape index (κ3) is 6.56. The molecule has 0 radical (unpaired) electrons. The fraction of sp³-hybridized carbons (Fsp3) is 0.688. The molecule has 1 rings (SSSR count). The van der Waals surface area contributed by atoms with Crippen LogP contribution in [0.5, 0.6) is 0 Å². The number of carboxylic acids is 1. The first-order valence-corrected chi connectivity index (χ1v) is 7.67. The number of cyclic esters (lactones) is 2. The molecule has 0 bridgehead atoms. The highest BCUT2D eigenvalue weighted by atomic mass is 16.6. The van der Waals surface area contributed by atoms with Gasteiger partial charge >= 0.3 is 17.9 Å². The smallest absolute Gasteiger partial charge is 0.317 e. The topological polar surface area (TPSA) is 80.7 Å². The molecule has 1 heterocycles. The van der Waals surface area contributed by atoms with Crippen LogP contribution in [0, 0.1) is 11.8 Å². The van der Waals surface area contributed by atoms with Crippen molar-refractivity contribution in [3.63, 3.8) is 0 Å². The highest BCUT2D eigenvalue weighted by Gasteiger charge is 2.37. The molecule has 1 N–H and O–H groups in total. The Balaban J connectivity index is 2.20. The average Bonchev–Trinajstić information content (AvgIpc) is 2.76. The van der Waals surface area contributed by atoms with E-state index in [1.165, 1.54) is 0 Å². The van der Waals surface area contributed by atoms with Crippen LogP contribution in [0.1, 0.15) is 58.3 Å². The molecule has 1 aliphatic rings. The molecular formula is C16H24O5. The first kappa shape index (κ1) is 17.4. The number of carbonyl (C=O) groups is 3. The summed E-state index contributed by atoms with van der Waals surface area (Å²) in [5, 5.41) is 8.51. The zero-order chi connectivity index (χ0) is 15.7. The monoisotopic (exact) mass is 296 g/mol. The van der Waals surface area contributed by atoms with Crippen molar-refractivity contribution in [3.05, 3.63) is 12.2 Å². The van der Waals surface area contributed by atoms with E-state index >= 15 is 0 Å². The van der Waals surface area contributed by atoms with Crippen molar-refractivity contribution in [2.45, 2.75) is 58.3 Å². The van der Waals surface area contributed by atoms with Gasteiger partial charge in [0, 0.05) is 6.42 Å². The Morgan fingerprint density at radius 3 is 2.62 bits per heavy atom. The predicted molar refractivity (Wildman–Crippen MR) is 77.5 cm³/mol. The number of carboxylic acid groups (broad SMARTS) is 1. The summed E-state index contributed by atoms with van der Waals surface area (Å²) >= 11 is 0. The minimum Gasteiger partial charge on any atom is -0.481 e. The molecule has 118 valence electrons. The average molecular weight is 296 g/mol. The van der Waals surface area contributed by atoms with E-state index in [0.29, 0.717) is 0 Å². The van der Waals surface area contributed by atoms with E-state index < -0.39 is 17.9 Å². The maximum Gasteiger partial charge on any atom is 0.317 e. The third-order valence-electron chi connectivity index (χ3n) is 3.79. The Bertz CT molecular complexity index is 399. The summed E-state index contributed by atoms with van der Waals surface area (Å²) in [6, 6.07) is 0. The molecule has 0 aromatic heterocycles. The van der Waals surface area contributed by atoms with Crippen LogP contribution < -0.4 is 0 Å². The lowest BCUT2D eigenvalue weighted by Gasteiger charge is -2.13. The Hall–Kier alpha value is -1.65. The molecule has 0 saturated carbocycles. The summed E-state index contributed by atoms with van der Waals surface area (Å²) in [7, 11) is 0. The molecule has 0 aliphatic carbocycles. The number of aliphatic carboxylic acids is 1. The molecule has 5 heteroatoms. The van der Waals surface area contributed by atoms with Gasteiger partial charge in [-0.25, -0.2) is 0 Å². The molecule has 2 atom stereocenters. The van der Waals surface area contributed by atoms with Crippen molar-refractivity contribution in [3.8, 4) is 0 Å². The fourth-order valence-corrected chi connectivity index (χ4v) is 2.54. The van der Waals surface area contributed by atoms with Crippen LogP contribution in [0.3, 0.4) is 0 Å². The molecule has 0 spiro atoms. The van der Waals surface area contributed by atoms with Gasteiger partial charge in [0.25, 0.3) is 0 Å². The van der Waals surface area contributed by atoms with E-state index in [4.69, 9.17) is 5.11 Å². The molecular weight excluding hydrogens is 272 g/mol. The van der Waals surface area contributed by atoms with Crippen LogP contribution in [0.2, 0.25) is 0 Å². The number of ether oxygens (including phenoxy) is 1. The number of esters is 2. The van der Waals surface area contributed by atoms with Gasteiger partial charge in [-0.15, -0.1) is 0 Å². The summed E-state index contributed by atoms with van der Waals surface area (Å²) in [5.41, 5.74) is 0. The fourth-order valence-electron chi connectivity index (χ4n) is 2.54. The van der Waals surface area contributed by atoms with Gasteiger partial charge in [-0.3, -0.25) is 14.4 Å². The van der Waals surface area contributed by atoms with Gasteiger partial charge < -0.3 is 9.84 Å². The van der Waals surface area contributed by atoms with Crippen molar-refractivity contribution >= 4 is 17.9 Å². The molecule has 1 aliphatic heterocycles. The third-order valence-corrected chi connectivity index (χ3v) is 3.79. The summed E-state index contributed by atoms with van der Waals surface area (Å²) in [6.45, 7) is 2.00. The van der Waals surface area contributed by atoms with Gasteiger partial charge in [0.2, 0.25) is 0 Å². The lowest BCUT2D eigenvalue weighted by molar-refractivity contribution is -0.153. The van der Waals surface area contributed by atoms with E-state index in [1.807, 2.05) is 13.0 Å². The minimum absolute atomic E-state index is 0.0657. The zero-order valence-corrected chi connectivity index (χ0v) is 12.5. The first-order valence-electron chi connectivity index (χ1n) is 7.67. The molecule has 2 unspecified atom stereocenters. The Morgan fingerprint density at radius 1 is 1.33 bits per heavy atom. The highest BCUT2D eigenvalue weighted by Crippen LogP contribution is 2.28. The normalized spacial score (nSPS) is 20.0. The van der Waals surface area contributed by atoms with E-state index in [-0.39, 0.29) is 24.7 Å². The van der Waals surface area contributed by atoms with Gasteiger partial charge in [-0.05, 0) is 31.6 Å². The molecule has 21 heavy (non-hydrogen) atoms. The molecule has 1 saturated heterocycles. The highest BCUT2D eigenvalue weighted by molar-refractivity contribution is 5.94. The second-order valence-corrected chi connectivity index (χ2v) is 5.45. The lowest BCUT2D eigenvalue weighted by Crippen LogP contribution is -2.17. The number of rotatable bonds is 10. The lowest BCUT2D eigenvalue weighted by atomic mass is 9.88. The molecule has 0 aromatic carbocycles. The standard InChI is InChI=1S/C16H24O5/c1-2-12(13-11-15(19)21-16(13)20)9-7-5-3-4-6-8-10-14(17)18/h7,9,12-13H,2-6,8,10-11H2,1H3,(H,17,18)/b9-7+. The van der Waals surface area contributed by atoms with Gasteiger partial charge in [0.1, 0.15) is 0 Å². The van der Waals surface area contributed by atoms with Crippen LogP contribution in [-0.2, 0) is 19.1 Å². The Kier molecular flexibility index (Phi) is 7.72. The van der Waals surface area contributed by atoms with Gasteiger partial charge in [0.15, 0.2) is 0 Å². The van der Waals surface area contributed by atoms with Crippen molar-refractivity contribution in [1.82, 2.24) is 0 Å². The summed E-state index contributed by atoms with van der Waals surface area (Å²) in [4.78, 5) is 33.0. The number of allylic oxidation sites excluding steroid dienone is 2. The summed E-state index contributed by atoms with van der Waals surface area (Å²) < 4.78 is 4.59. The number of unbranched alkanes of at least 4 members (excludes halogenated alkanes) is 4. The van der Waals surface area contributed by atoms with Crippen LogP contribution in [-0.4, -0.2) is 23.0 Å². The predicted octanol–water partition coefficient (Wildman–Crippen LogP) is 3.08. The molecule has 1 fully saturated rings. The largest absolute Gasteiger partial charge is 0.481 e. The summed E-state index contributed by atoms with van der Waals surface area (Å²) in [6.07, 6.45) is 9.92. The van der Waals surface area contributed by atoms with Crippen LogP contribution in [0.4, 0.5) is 0 Å². The van der Waals surface area contributed by atoms with Gasteiger partial charge in [-0.2, -0.15) is 0 Å². The maximum absolute atomic E-state index is 11.5. The number of hydrogen-bond acceptors (Lipinski definition) is 4. The van der Waals surface area contributed by atoms with E-state index in [9.17, 15) is 14.4 Å². The molecule has 0 amide bonds. The SMILES string of the molecule is CCC(/C=C/CCCCCCC(=O)O)C1CC(=O)OC1=O. The van der Waals surface area contributed by atoms with Crippen LogP contribution in [0.15, 0.2) is 12.2 Å². The second-order valence-electron chi connectivity index (χ2n) is 5.45. The van der Waals surface area contributed by atoms with Crippen molar-refractivity contribution in [2.24, 2.45) is 11.8 Å². The zero-order valence-electron chi connectivity index (χ0n) is 12.5.